The number of hydrogen-bond acceptors (Lipinski definition) is 5. The van der Waals surface area contributed by atoms with Gasteiger partial charge in [0.25, 0.3) is 0 Å². The Morgan fingerprint density at radius 3 is 2.71 bits per heavy atom. The molecule has 21 heavy (non-hydrogen) atoms. The number of tetrazole rings is 1. The Kier molecular flexibility index (Phi) is 3.70. The van der Waals surface area contributed by atoms with Crippen LogP contribution in [0, 0.1) is 6.92 Å². The van der Waals surface area contributed by atoms with E-state index in [9.17, 15) is 0 Å². The minimum absolute atomic E-state index is 0.586. The molecule has 6 heteroatoms. The van der Waals surface area contributed by atoms with Crippen molar-refractivity contribution in [3.05, 3.63) is 53.7 Å². The molecule has 2 heterocycles. The number of pyridine rings is 1. The van der Waals surface area contributed by atoms with E-state index in [4.69, 9.17) is 5.73 Å². The Bertz CT molecular complexity index is 735. The van der Waals surface area contributed by atoms with Gasteiger partial charge < -0.3 is 5.73 Å². The average Bonchev–Trinajstić information content (AvgIpc) is 2.98. The molecule has 0 amide bonds. The maximum absolute atomic E-state index is 5.56. The summed E-state index contributed by atoms with van der Waals surface area (Å²) in [5.41, 5.74) is 8.60. The van der Waals surface area contributed by atoms with Crippen LogP contribution in [0.2, 0.25) is 0 Å². The second-order valence-corrected chi connectivity index (χ2v) is 4.79. The van der Waals surface area contributed by atoms with Gasteiger partial charge >= 0.3 is 0 Å². The summed E-state index contributed by atoms with van der Waals surface area (Å²) in [5, 5.41) is 12.6. The van der Waals surface area contributed by atoms with Gasteiger partial charge in [0.2, 0.25) is 5.82 Å². The van der Waals surface area contributed by atoms with Gasteiger partial charge in [-0.3, -0.25) is 0 Å². The monoisotopic (exact) mass is 280 g/mol. The Morgan fingerprint density at radius 2 is 2.00 bits per heavy atom. The molecule has 1 aromatic carbocycles. The number of nitrogens with two attached hydrogens (primary N) is 1. The van der Waals surface area contributed by atoms with E-state index in [0.29, 0.717) is 18.2 Å². The van der Waals surface area contributed by atoms with Gasteiger partial charge in [0, 0.05) is 11.8 Å². The lowest BCUT2D eigenvalue weighted by atomic mass is 10.1. The lowest BCUT2D eigenvalue weighted by Gasteiger charge is -2.05. The largest absolute Gasteiger partial charge is 0.330 e. The second kappa shape index (κ2) is 5.80. The standard InChI is InChI=1S/C15H16N6/c1-11-9-12(7-8-16)10-17-15(11)21-19-14(18-20-21)13-5-3-2-4-6-13/h2-6,9-10H,7-8,16H2,1H3. The molecule has 0 aliphatic rings. The van der Waals surface area contributed by atoms with Crippen molar-refractivity contribution >= 4 is 0 Å². The Labute approximate surface area is 122 Å². The van der Waals surface area contributed by atoms with Crippen LogP contribution in [0.5, 0.6) is 0 Å². The van der Waals surface area contributed by atoms with E-state index >= 15 is 0 Å². The first-order chi connectivity index (χ1) is 10.3. The molecular weight excluding hydrogens is 264 g/mol. The van der Waals surface area contributed by atoms with E-state index in [2.05, 4.69) is 26.5 Å². The van der Waals surface area contributed by atoms with E-state index in [0.717, 1.165) is 23.1 Å². The van der Waals surface area contributed by atoms with Crippen LogP contribution >= 0.6 is 0 Å². The lowest BCUT2D eigenvalue weighted by Crippen LogP contribution is -2.07. The van der Waals surface area contributed by atoms with Gasteiger partial charge in [-0.1, -0.05) is 36.4 Å². The molecule has 106 valence electrons. The zero-order valence-corrected chi connectivity index (χ0v) is 11.8. The van der Waals surface area contributed by atoms with Gasteiger partial charge in [0.15, 0.2) is 5.82 Å². The van der Waals surface area contributed by atoms with Gasteiger partial charge in [-0.05, 0) is 36.2 Å². The van der Waals surface area contributed by atoms with Crippen molar-refractivity contribution in [2.45, 2.75) is 13.3 Å². The topological polar surface area (TPSA) is 82.5 Å². The average molecular weight is 280 g/mol. The molecule has 0 aliphatic carbocycles. The van der Waals surface area contributed by atoms with Crippen LogP contribution in [-0.4, -0.2) is 31.7 Å². The summed E-state index contributed by atoms with van der Waals surface area (Å²) in [6, 6.07) is 11.8. The molecular formula is C15H16N6. The number of benzene rings is 1. The first-order valence-corrected chi connectivity index (χ1v) is 6.79. The highest BCUT2D eigenvalue weighted by Gasteiger charge is 2.10. The van der Waals surface area contributed by atoms with E-state index in [1.165, 1.54) is 4.80 Å². The van der Waals surface area contributed by atoms with Gasteiger partial charge in [-0.15, -0.1) is 15.0 Å². The molecule has 3 rings (SSSR count). The Morgan fingerprint density at radius 1 is 1.19 bits per heavy atom. The van der Waals surface area contributed by atoms with Crippen molar-refractivity contribution in [1.82, 2.24) is 25.2 Å². The highest BCUT2D eigenvalue weighted by atomic mass is 15.6. The van der Waals surface area contributed by atoms with E-state index in [-0.39, 0.29) is 0 Å². The zero-order chi connectivity index (χ0) is 14.7. The van der Waals surface area contributed by atoms with Gasteiger partial charge in [-0.2, -0.15) is 0 Å². The number of nitrogens with zero attached hydrogens (tertiary/aromatic N) is 5. The van der Waals surface area contributed by atoms with E-state index in [1.54, 1.807) is 6.20 Å². The minimum Gasteiger partial charge on any atom is -0.330 e. The summed E-state index contributed by atoms with van der Waals surface area (Å²) in [4.78, 5) is 5.88. The van der Waals surface area contributed by atoms with Crippen LogP contribution in [0.3, 0.4) is 0 Å². The van der Waals surface area contributed by atoms with Crippen molar-refractivity contribution in [2.75, 3.05) is 6.54 Å². The van der Waals surface area contributed by atoms with Gasteiger partial charge in [-0.25, -0.2) is 4.98 Å². The smallest absolute Gasteiger partial charge is 0.205 e. The first kappa shape index (κ1) is 13.4. The molecule has 0 fully saturated rings. The summed E-state index contributed by atoms with van der Waals surface area (Å²) in [6.45, 7) is 2.59. The van der Waals surface area contributed by atoms with Crippen molar-refractivity contribution < 1.29 is 0 Å². The molecule has 3 aromatic rings. The van der Waals surface area contributed by atoms with Crippen molar-refractivity contribution in [2.24, 2.45) is 5.73 Å². The third kappa shape index (κ3) is 2.80. The summed E-state index contributed by atoms with van der Waals surface area (Å²) in [6.07, 6.45) is 2.62. The highest BCUT2D eigenvalue weighted by Crippen LogP contribution is 2.15. The third-order valence-corrected chi connectivity index (χ3v) is 3.18. The number of aromatic nitrogens is 5. The van der Waals surface area contributed by atoms with Crippen molar-refractivity contribution in [3.8, 4) is 17.2 Å². The van der Waals surface area contributed by atoms with Gasteiger partial charge in [0.05, 0.1) is 0 Å². The molecule has 6 nitrogen and oxygen atoms in total. The van der Waals surface area contributed by atoms with Crippen molar-refractivity contribution in [1.29, 1.82) is 0 Å². The molecule has 0 atom stereocenters. The quantitative estimate of drug-likeness (QED) is 0.783. The fraction of sp³-hybridized carbons (Fsp3) is 0.200. The minimum atomic E-state index is 0.586. The lowest BCUT2D eigenvalue weighted by molar-refractivity contribution is 0.694. The zero-order valence-electron chi connectivity index (χ0n) is 11.8. The summed E-state index contributed by atoms with van der Waals surface area (Å²) in [7, 11) is 0. The predicted molar refractivity (Wildman–Crippen MR) is 79.9 cm³/mol. The Hall–Kier alpha value is -2.60. The van der Waals surface area contributed by atoms with E-state index in [1.807, 2.05) is 37.3 Å². The van der Waals surface area contributed by atoms with Crippen molar-refractivity contribution in [3.63, 3.8) is 0 Å². The fourth-order valence-corrected chi connectivity index (χ4v) is 2.15. The molecule has 2 N–H and O–H groups in total. The maximum Gasteiger partial charge on any atom is 0.205 e. The van der Waals surface area contributed by atoms with Crippen LogP contribution in [0.4, 0.5) is 0 Å². The first-order valence-electron chi connectivity index (χ1n) is 6.79. The molecule has 0 bridgehead atoms. The molecule has 0 aliphatic heterocycles. The second-order valence-electron chi connectivity index (χ2n) is 4.79. The molecule has 0 saturated heterocycles. The number of hydrogen-bond donors (Lipinski definition) is 1. The molecule has 0 saturated carbocycles. The SMILES string of the molecule is Cc1cc(CCN)cnc1-n1nnc(-c2ccccc2)n1. The van der Waals surface area contributed by atoms with Crippen LogP contribution < -0.4 is 5.73 Å². The fourth-order valence-electron chi connectivity index (χ4n) is 2.15. The Balaban J connectivity index is 1.93. The third-order valence-electron chi connectivity index (χ3n) is 3.18. The molecule has 0 unspecified atom stereocenters. The number of aryl methyl sites for hydroxylation is 1. The van der Waals surface area contributed by atoms with Crippen LogP contribution in [0.15, 0.2) is 42.6 Å². The van der Waals surface area contributed by atoms with Crippen LogP contribution in [0.1, 0.15) is 11.1 Å². The number of rotatable bonds is 4. The van der Waals surface area contributed by atoms with Crippen LogP contribution in [0.25, 0.3) is 17.2 Å². The van der Waals surface area contributed by atoms with Crippen LogP contribution in [-0.2, 0) is 6.42 Å². The summed E-state index contributed by atoms with van der Waals surface area (Å²) < 4.78 is 0. The van der Waals surface area contributed by atoms with Gasteiger partial charge in [0.1, 0.15) is 0 Å². The predicted octanol–water partition coefficient (Wildman–Crippen LogP) is 1.53. The highest BCUT2D eigenvalue weighted by molar-refractivity contribution is 5.53. The molecule has 0 radical (unpaired) electrons. The van der Waals surface area contributed by atoms with E-state index < -0.39 is 0 Å². The summed E-state index contributed by atoms with van der Waals surface area (Å²) >= 11 is 0. The molecule has 0 spiro atoms. The normalized spacial score (nSPS) is 10.8. The maximum atomic E-state index is 5.56. The summed E-state index contributed by atoms with van der Waals surface area (Å²) in [5.74, 6) is 1.27. The molecule has 2 aromatic heterocycles.